The topological polar surface area (TPSA) is 44.8 Å². The van der Waals surface area contributed by atoms with Gasteiger partial charge in [-0.25, -0.2) is 0 Å². The van der Waals surface area contributed by atoms with E-state index >= 15 is 0 Å². The SMILES string of the molecule is CC1(C)OB(c2cccc3c2OCC3=O)OC1(C)C. The second-order valence-corrected chi connectivity index (χ2v) is 6.02. The summed E-state index contributed by atoms with van der Waals surface area (Å²) in [6, 6.07) is 5.50. The average molecular weight is 260 g/mol. The molecular weight excluding hydrogens is 243 g/mol. The van der Waals surface area contributed by atoms with Crippen LogP contribution < -0.4 is 10.2 Å². The predicted octanol–water partition coefficient (Wildman–Crippen LogP) is 1.56. The number of hydrogen-bond acceptors (Lipinski definition) is 4. The summed E-state index contributed by atoms with van der Waals surface area (Å²) in [6.07, 6.45) is 0. The van der Waals surface area contributed by atoms with E-state index in [-0.39, 0.29) is 12.4 Å². The molecule has 3 rings (SSSR count). The number of benzene rings is 1. The van der Waals surface area contributed by atoms with Crippen LogP contribution in [0.1, 0.15) is 38.1 Å². The molecule has 0 spiro atoms. The summed E-state index contributed by atoms with van der Waals surface area (Å²) >= 11 is 0. The molecule has 4 nitrogen and oxygen atoms in total. The lowest BCUT2D eigenvalue weighted by atomic mass is 9.77. The fraction of sp³-hybridized carbons (Fsp3) is 0.500. The minimum Gasteiger partial charge on any atom is -0.485 e. The fourth-order valence-corrected chi connectivity index (χ4v) is 2.31. The molecular formula is C14H17BO4. The van der Waals surface area contributed by atoms with Crippen molar-refractivity contribution in [3.63, 3.8) is 0 Å². The van der Waals surface area contributed by atoms with Gasteiger partial charge in [-0.15, -0.1) is 0 Å². The first-order valence-corrected chi connectivity index (χ1v) is 6.46. The molecule has 0 radical (unpaired) electrons. The minimum atomic E-state index is -0.495. The van der Waals surface area contributed by atoms with Crippen molar-refractivity contribution in [1.82, 2.24) is 0 Å². The Bertz CT molecular complexity index is 534. The van der Waals surface area contributed by atoms with Crippen molar-refractivity contribution < 1.29 is 18.8 Å². The first-order chi connectivity index (χ1) is 8.82. The van der Waals surface area contributed by atoms with E-state index in [0.29, 0.717) is 11.3 Å². The van der Waals surface area contributed by atoms with E-state index in [4.69, 9.17) is 14.0 Å². The molecule has 2 aliphatic heterocycles. The number of rotatable bonds is 1. The maximum absolute atomic E-state index is 11.7. The van der Waals surface area contributed by atoms with Crippen molar-refractivity contribution in [2.45, 2.75) is 38.9 Å². The molecule has 2 heterocycles. The first-order valence-electron chi connectivity index (χ1n) is 6.46. The molecule has 0 saturated carbocycles. The number of hydrogen-bond donors (Lipinski definition) is 0. The number of carbonyl (C=O) groups excluding carboxylic acids is 1. The smallest absolute Gasteiger partial charge is 0.485 e. The predicted molar refractivity (Wildman–Crippen MR) is 72.0 cm³/mol. The second-order valence-electron chi connectivity index (χ2n) is 6.02. The van der Waals surface area contributed by atoms with Crippen LogP contribution in [-0.2, 0) is 9.31 Å². The lowest BCUT2D eigenvalue weighted by Gasteiger charge is -2.32. The van der Waals surface area contributed by atoms with Crippen LogP contribution in [0.3, 0.4) is 0 Å². The van der Waals surface area contributed by atoms with Crippen LogP contribution in [0.15, 0.2) is 18.2 Å². The van der Waals surface area contributed by atoms with Crippen molar-refractivity contribution >= 4 is 18.4 Å². The van der Waals surface area contributed by atoms with Crippen molar-refractivity contribution in [2.24, 2.45) is 0 Å². The number of ether oxygens (including phenoxy) is 1. The lowest BCUT2D eigenvalue weighted by Crippen LogP contribution is -2.41. The molecule has 1 aromatic carbocycles. The van der Waals surface area contributed by atoms with Crippen LogP contribution in [0.5, 0.6) is 5.75 Å². The number of carbonyl (C=O) groups is 1. The molecule has 0 bridgehead atoms. The molecule has 5 heteroatoms. The number of Topliss-reactive ketones (excluding diaryl/α,β-unsaturated/α-hetero) is 1. The van der Waals surface area contributed by atoms with Gasteiger partial charge in [0.1, 0.15) is 5.75 Å². The number of ketones is 1. The van der Waals surface area contributed by atoms with Gasteiger partial charge in [0.25, 0.3) is 0 Å². The molecule has 0 N–H and O–H groups in total. The zero-order chi connectivity index (χ0) is 13.8. The van der Waals surface area contributed by atoms with Crippen molar-refractivity contribution in [2.75, 3.05) is 6.61 Å². The van der Waals surface area contributed by atoms with E-state index in [9.17, 15) is 4.79 Å². The molecule has 2 aliphatic rings. The van der Waals surface area contributed by atoms with E-state index in [0.717, 1.165) is 5.46 Å². The maximum atomic E-state index is 11.7. The molecule has 1 saturated heterocycles. The molecule has 0 aromatic heterocycles. The van der Waals surface area contributed by atoms with E-state index in [2.05, 4.69) is 0 Å². The van der Waals surface area contributed by atoms with Gasteiger partial charge in [0.2, 0.25) is 5.78 Å². The van der Waals surface area contributed by atoms with E-state index in [1.54, 1.807) is 6.07 Å². The highest BCUT2D eigenvalue weighted by atomic mass is 16.7. The van der Waals surface area contributed by atoms with Gasteiger partial charge in [0.15, 0.2) is 6.61 Å². The van der Waals surface area contributed by atoms with Crippen molar-refractivity contribution in [3.05, 3.63) is 23.8 Å². The molecule has 19 heavy (non-hydrogen) atoms. The van der Waals surface area contributed by atoms with Gasteiger partial charge >= 0.3 is 7.12 Å². The number of fused-ring (bicyclic) bond motifs is 1. The minimum absolute atomic E-state index is 0.00775. The Morgan fingerprint density at radius 1 is 1.11 bits per heavy atom. The Labute approximate surface area is 113 Å². The van der Waals surface area contributed by atoms with Gasteiger partial charge in [-0.3, -0.25) is 4.79 Å². The summed E-state index contributed by atoms with van der Waals surface area (Å²) in [7, 11) is -0.495. The molecule has 0 aliphatic carbocycles. The van der Waals surface area contributed by atoms with Crippen LogP contribution in [-0.4, -0.2) is 30.7 Å². The van der Waals surface area contributed by atoms with Crippen LogP contribution in [0.25, 0.3) is 0 Å². The lowest BCUT2D eigenvalue weighted by molar-refractivity contribution is 0.00578. The monoisotopic (exact) mass is 260 g/mol. The standard InChI is InChI=1S/C14H17BO4/c1-13(2)14(3,4)19-15(18-13)10-7-5-6-9-11(16)8-17-12(9)10/h5-7H,8H2,1-4H3. The van der Waals surface area contributed by atoms with Crippen LogP contribution >= 0.6 is 0 Å². The van der Waals surface area contributed by atoms with Gasteiger partial charge in [-0.1, -0.05) is 12.1 Å². The molecule has 0 atom stereocenters. The molecule has 0 unspecified atom stereocenters. The van der Waals surface area contributed by atoms with Gasteiger partial charge < -0.3 is 14.0 Å². The van der Waals surface area contributed by atoms with E-state index in [1.165, 1.54) is 0 Å². The Balaban J connectivity index is 2.00. The largest absolute Gasteiger partial charge is 0.498 e. The molecule has 1 aromatic rings. The Hall–Kier alpha value is -1.33. The third-order valence-electron chi connectivity index (χ3n) is 4.20. The summed E-state index contributed by atoms with van der Waals surface area (Å²) < 4.78 is 17.5. The highest BCUT2D eigenvalue weighted by Crippen LogP contribution is 2.37. The zero-order valence-electron chi connectivity index (χ0n) is 11.6. The third-order valence-corrected chi connectivity index (χ3v) is 4.20. The summed E-state index contributed by atoms with van der Waals surface area (Å²) in [5.41, 5.74) is 0.612. The summed E-state index contributed by atoms with van der Waals surface area (Å²) in [5.74, 6) is 0.611. The highest BCUT2D eigenvalue weighted by molar-refractivity contribution is 6.63. The van der Waals surface area contributed by atoms with Gasteiger partial charge in [0.05, 0.1) is 16.8 Å². The summed E-state index contributed by atoms with van der Waals surface area (Å²) in [5, 5.41) is 0. The van der Waals surface area contributed by atoms with E-state index in [1.807, 2.05) is 39.8 Å². The molecule has 1 fully saturated rings. The van der Waals surface area contributed by atoms with Crippen molar-refractivity contribution in [1.29, 1.82) is 0 Å². The Kier molecular flexibility index (Phi) is 2.56. The van der Waals surface area contributed by atoms with Gasteiger partial charge in [-0.05, 0) is 33.8 Å². The van der Waals surface area contributed by atoms with Crippen LogP contribution in [0.4, 0.5) is 0 Å². The van der Waals surface area contributed by atoms with Gasteiger partial charge in [-0.2, -0.15) is 0 Å². The summed E-state index contributed by atoms with van der Waals surface area (Å²) in [6.45, 7) is 8.11. The van der Waals surface area contributed by atoms with Crippen LogP contribution in [0, 0.1) is 0 Å². The normalized spacial score (nSPS) is 23.4. The zero-order valence-corrected chi connectivity index (χ0v) is 11.6. The molecule has 100 valence electrons. The first kappa shape index (κ1) is 12.7. The summed E-state index contributed by atoms with van der Waals surface area (Å²) in [4.78, 5) is 11.7. The molecule has 0 amide bonds. The Morgan fingerprint density at radius 3 is 2.37 bits per heavy atom. The second kappa shape index (κ2) is 3.84. The number of para-hydroxylation sites is 1. The van der Waals surface area contributed by atoms with E-state index < -0.39 is 18.3 Å². The van der Waals surface area contributed by atoms with Crippen LogP contribution in [0.2, 0.25) is 0 Å². The quantitative estimate of drug-likeness (QED) is 0.719. The highest BCUT2D eigenvalue weighted by Gasteiger charge is 2.53. The maximum Gasteiger partial charge on any atom is 0.498 e. The average Bonchev–Trinajstić information content (AvgIpc) is 2.78. The fourth-order valence-electron chi connectivity index (χ4n) is 2.31. The van der Waals surface area contributed by atoms with Crippen molar-refractivity contribution in [3.8, 4) is 5.75 Å². The van der Waals surface area contributed by atoms with Gasteiger partial charge in [0, 0.05) is 5.46 Å². The third kappa shape index (κ3) is 1.80. The Morgan fingerprint density at radius 2 is 1.74 bits per heavy atom.